The molecule has 0 atom stereocenters. The molecule has 2 rings (SSSR count). The van der Waals surface area contributed by atoms with Crippen LogP contribution in [0.4, 0.5) is 15.9 Å². The molecule has 1 aromatic heterocycles. The molecule has 2 aromatic rings. The smallest absolute Gasteiger partial charge is 0.277 e. The third kappa shape index (κ3) is 7.30. The maximum Gasteiger partial charge on any atom is 0.277 e. The van der Waals surface area contributed by atoms with Crippen molar-refractivity contribution in [2.24, 2.45) is 4.99 Å². The van der Waals surface area contributed by atoms with Crippen LogP contribution in [0, 0.1) is 5.82 Å². The zero-order chi connectivity index (χ0) is 21.3. The molecule has 29 heavy (non-hydrogen) atoms. The van der Waals surface area contributed by atoms with Crippen LogP contribution in [0.15, 0.2) is 32.3 Å². The molecular formula is C14H19BrFN7O5S. The minimum absolute atomic E-state index is 0.0263. The maximum absolute atomic E-state index is 13.3. The molecule has 12 nitrogen and oxygen atoms in total. The Morgan fingerprint density at radius 2 is 2.07 bits per heavy atom. The highest BCUT2D eigenvalue weighted by atomic mass is 79.9. The van der Waals surface area contributed by atoms with E-state index in [1.807, 2.05) is 5.48 Å². The van der Waals surface area contributed by atoms with E-state index in [0.29, 0.717) is 5.69 Å². The van der Waals surface area contributed by atoms with Gasteiger partial charge in [0.15, 0.2) is 11.5 Å². The van der Waals surface area contributed by atoms with Crippen molar-refractivity contribution in [3.05, 3.63) is 34.2 Å². The second-order valence-corrected chi connectivity index (χ2v) is 7.78. The summed E-state index contributed by atoms with van der Waals surface area (Å²) in [6.45, 7) is 0.540. The lowest BCUT2D eigenvalue weighted by molar-refractivity contribution is 0.204. The third-order valence-electron chi connectivity index (χ3n) is 3.27. The van der Waals surface area contributed by atoms with E-state index < -0.39 is 16.0 Å². The highest BCUT2D eigenvalue weighted by Gasteiger charge is 2.17. The Kier molecular flexibility index (Phi) is 8.87. The number of anilines is 1. The summed E-state index contributed by atoms with van der Waals surface area (Å²) in [5, 5.41) is 19.5. The van der Waals surface area contributed by atoms with Crippen LogP contribution in [0.5, 0.6) is 0 Å². The average molecular weight is 496 g/mol. The van der Waals surface area contributed by atoms with Gasteiger partial charge in [0, 0.05) is 26.7 Å². The summed E-state index contributed by atoms with van der Waals surface area (Å²) in [5.41, 5.74) is 2.23. The molecule has 0 fully saturated rings. The first kappa shape index (κ1) is 23.1. The number of halogens is 2. The third-order valence-corrected chi connectivity index (χ3v) is 5.05. The molecule has 1 heterocycles. The lowest BCUT2D eigenvalue weighted by Crippen LogP contribution is -2.40. The minimum Gasteiger partial charge on any atom is -0.383 e. The van der Waals surface area contributed by atoms with Crippen LogP contribution in [0.2, 0.25) is 0 Å². The number of ether oxygens (including phenoxy) is 1. The predicted octanol–water partition coefficient (Wildman–Crippen LogP) is 0.511. The molecule has 0 aliphatic carbocycles. The van der Waals surface area contributed by atoms with Gasteiger partial charge in [-0.3, -0.25) is 10.7 Å². The second kappa shape index (κ2) is 11.1. The Bertz CT molecular complexity index is 940. The summed E-state index contributed by atoms with van der Waals surface area (Å²) < 4.78 is 50.9. The number of nitrogens with zero attached hydrogens (tertiary/aromatic N) is 3. The summed E-state index contributed by atoms with van der Waals surface area (Å²) in [5.74, 6) is -0.473. The van der Waals surface area contributed by atoms with Crippen molar-refractivity contribution in [1.29, 1.82) is 0 Å². The number of aromatic nitrogens is 2. The fourth-order valence-corrected chi connectivity index (χ4v) is 3.16. The Hall–Kier alpha value is -2.17. The molecule has 0 amide bonds. The Balaban J connectivity index is 1.98. The number of rotatable bonds is 11. The Morgan fingerprint density at radius 1 is 1.31 bits per heavy atom. The number of aliphatic imine (C=N–C) groups is 1. The maximum atomic E-state index is 13.3. The van der Waals surface area contributed by atoms with Gasteiger partial charge in [-0.15, -0.1) is 0 Å². The summed E-state index contributed by atoms with van der Waals surface area (Å²) >= 11 is 3.04. The first-order valence-electron chi connectivity index (χ1n) is 8.10. The standard InChI is InChI=1S/C14H19BrFN7O5S/c1-27-7-6-19-29(25,26)18-5-4-17-13-12(22-28-23-13)14(21-24)20-9-2-3-11(16)10(15)8-9/h2-3,8,18-19,24H,4-7H2,1H3,(H,17,23)(H,20,21). The summed E-state index contributed by atoms with van der Waals surface area (Å²) in [7, 11) is -2.20. The molecular weight excluding hydrogens is 477 g/mol. The van der Waals surface area contributed by atoms with Gasteiger partial charge < -0.3 is 10.1 Å². The number of nitrogens with one attached hydrogen (secondary N) is 4. The van der Waals surface area contributed by atoms with Gasteiger partial charge in [-0.25, -0.2) is 18.7 Å². The SMILES string of the molecule is COCCNS(=O)(=O)NCCNc1nonc1C(=Nc1ccc(F)c(Br)c1)NO. The molecule has 160 valence electrons. The van der Waals surface area contributed by atoms with E-state index in [0.717, 1.165) is 0 Å². The van der Waals surface area contributed by atoms with E-state index in [-0.39, 0.29) is 48.1 Å². The van der Waals surface area contributed by atoms with Gasteiger partial charge in [0.1, 0.15) is 5.82 Å². The van der Waals surface area contributed by atoms with Crippen LogP contribution < -0.4 is 20.2 Å². The fraction of sp³-hybridized carbons (Fsp3) is 0.357. The molecule has 0 aliphatic heterocycles. The summed E-state index contributed by atoms with van der Waals surface area (Å²) in [6, 6.07) is 3.99. The first-order chi connectivity index (χ1) is 13.9. The van der Waals surface area contributed by atoms with Crippen LogP contribution in [0.25, 0.3) is 0 Å². The molecule has 15 heteroatoms. The molecule has 0 saturated carbocycles. The number of amidine groups is 1. The van der Waals surface area contributed by atoms with E-state index >= 15 is 0 Å². The van der Waals surface area contributed by atoms with Crippen molar-refractivity contribution in [3.63, 3.8) is 0 Å². The van der Waals surface area contributed by atoms with Crippen LogP contribution in [-0.4, -0.2) is 63.1 Å². The molecule has 0 spiro atoms. The Morgan fingerprint density at radius 3 is 2.76 bits per heavy atom. The fourth-order valence-electron chi connectivity index (χ4n) is 1.97. The predicted molar refractivity (Wildman–Crippen MR) is 105 cm³/mol. The van der Waals surface area contributed by atoms with Crippen molar-refractivity contribution in [2.75, 3.05) is 38.7 Å². The average Bonchev–Trinajstić information content (AvgIpc) is 3.14. The van der Waals surface area contributed by atoms with Gasteiger partial charge in [-0.05, 0) is 44.4 Å². The van der Waals surface area contributed by atoms with Gasteiger partial charge in [-0.1, -0.05) is 0 Å². The van der Waals surface area contributed by atoms with Crippen LogP contribution in [-0.2, 0) is 14.9 Å². The van der Waals surface area contributed by atoms with Crippen LogP contribution in [0.3, 0.4) is 0 Å². The topological polar surface area (TPSA) is 163 Å². The molecule has 1 aromatic carbocycles. The molecule has 0 saturated heterocycles. The van der Waals surface area contributed by atoms with Gasteiger partial charge in [0.25, 0.3) is 10.2 Å². The van der Waals surface area contributed by atoms with Gasteiger partial charge >= 0.3 is 0 Å². The van der Waals surface area contributed by atoms with Crippen molar-refractivity contribution < 1.29 is 27.4 Å². The normalized spacial score (nSPS) is 12.2. The molecule has 0 bridgehead atoms. The first-order valence-corrected chi connectivity index (χ1v) is 10.4. The van der Waals surface area contributed by atoms with E-state index in [4.69, 9.17) is 4.74 Å². The van der Waals surface area contributed by atoms with E-state index in [2.05, 4.69) is 50.6 Å². The van der Waals surface area contributed by atoms with Gasteiger partial charge in [0.05, 0.1) is 16.8 Å². The quantitative estimate of drug-likeness (QED) is 0.129. The molecule has 0 aliphatic rings. The van der Waals surface area contributed by atoms with Crippen molar-refractivity contribution in [1.82, 2.24) is 25.2 Å². The number of hydrogen-bond donors (Lipinski definition) is 5. The lowest BCUT2D eigenvalue weighted by atomic mass is 10.3. The largest absolute Gasteiger partial charge is 0.383 e. The molecule has 0 unspecified atom stereocenters. The van der Waals surface area contributed by atoms with E-state index in [1.165, 1.54) is 25.3 Å². The minimum atomic E-state index is -3.66. The highest BCUT2D eigenvalue weighted by molar-refractivity contribution is 9.10. The van der Waals surface area contributed by atoms with Crippen molar-refractivity contribution in [3.8, 4) is 0 Å². The molecule has 5 N–H and O–H groups in total. The van der Waals surface area contributed by atoms with E-state index in [1.54, 1.807) is 0 Å². The number of methoxy groups -OCH3 is 1. The summed E-state index contributed by atoms with van der Waals surface area (Å²) in [6.07, 6.45) is 0. The van der Waals surface area contributed by atoms with Crippen LogP contribution >= 0.6 is 15.9 Å². The van der Waals surface area contributed by atoms with Gasteiger partial charge in [-0.2, -0.15) is 13.1 Å². The number of hydroxylamine groups is 1. The lowest BCUT2D eigenvalue weighted by Gasteiger charge is -2.09. The monoisotopic (exact) mass is 495 g/mol. The zero-order valence-electron chi connectivity index (χ0n) is 15.1. The highest BCUT2D eigenvalue weighted by Crippen LogP contribution is 2.23. The van der Waals surface area contributed by atoms with E-state index in [9.17, 15) is 18.0 Å². The van der Waals surface area contributed by atoms with Crippen molar-refractivity contribution in [2.45, 2.75) is 0 Å². The van der Waals surface area contributed by atoms with Crippen LogP contribution in [0.1, 0.15) is 5.69 Å². The second-order valence-electron chi connectivity index (χ2n) is 5.34. The zero-order valence-corrected chi connectivity index (χ0v) is 17.5. The molecule has 0 radical (unpaired) electrons. The Labute approximate surface area is 174 Å². The van der Waals surface area contributed by atoms with Crippen molar-refractivity contribution >= 4 is 43.5 Å². The van der Waals surface area contributed by atoms with Gasteiger partial charge in [0.2, 0.25) is 5.82 Å². The summed E-state index contributed by atoms with van der Waals surface area (Å²) in [4.78, 5) is 4.11. The number of benzene rings is 1. The number of hydrogen-bond acceptors (Lipinski definition) is 9.